The molecule has 0 aromatic carbocycles. The lowest BCUT2D eigenvalue weighted by molar-refractivity contribution is 0.953. The fourth-order valence-corrected chi connectivity index (χ4v) is 1.29. The zero-order valence-electron chi connectivity index (χ0n) is 8.99. The lowest BCUT2D eigenvalue weighted by Gasteiger charge is -1.98. The third kappa shape index (κ3) is 2.15. The standard InChI is InChI=1S/C11H14N4/c1-8(2)7-12-11-13-10-6-9(3)4-5-15(10)14-11/h4-6H,1,7H2,2-3H3,(H,12,14). The van der Waals surface area contributed by atoms with Crippen LogP contribution in [0.5, 0.6) is 0 Å². The van der Waals surface area contributed by atoms with Gasteiger partial charge in [0.05, 0.1) is 0 Å². The van der Waals surface area contributed by atoms with Gasteiger partial charge < -0.3 is 5.32 Å². The molecule has 15 heavy (non-hydrogen) atoms. The van der Waals surface area contributed by atoms with Crippen LogP contribution in [0.15, 0.2) is 30.5 Å². The van der Waals surface area contributed by atoms with Crippen LogP contribution in [-0.2, 0) is 0 Å². The van der Waals surface area contributed by atoms with Crippen LogP contribution in [0.1, 0.15) is 12.5 Å². The van der Waals surface area contributed by atoms with E-state index in [-0.39, 0.29) is 0 Å². The molecule has 0 saturated carbocycles. The van der Waals surface area contributed by atoms with Gasteiger partial charge in [-0.3, -0.25) is 0 Å². The first-order valence-electron chi connectivity index (χ1n) is 4.86. The highest BCUT2D eigenvalue weighted by atomic mass is 15.3. The minimum absolute atomic E-state index is 0.642. The summed E-state index contributed by atoms with van der Waals surface area (Å²) in [5, 5.41) is 7.39. The van der Waals surface area contributed by atoms with Gasteiger partial charge in [0.15, 0.2) is 5.65 Å². The van der Waals surface area contributed by atoms with E-state index in [2.05, 4.69) is 22.0 Å². The van der Waals surface area contributed by atoms with Crippen LogP contribution in [-0.4, -0.2) is 21.1 Å². The Kier molecular flexibility index (Phi) is 2.41. The van der Waals surface area contributed by atoms with E-state index in [1.807, 2.05) is 32.2 Å². The summed E-state index contributed by atoms with van der Waals surface area (Å²) in [6, 6.07) is 4.00. The molecule has 2 aromatic heterocycles. The van der Waals surface area contributed by atoms with Crippen LogP contribution in [0.25, 0.3) is 5.65 Å². The van der Waals surface area contributed by atoms with Crippen molar-refractivity contribution in [3.8, 4) is 0 Å². The Hall–Kier alpha value is -1.84. The first kappa shape index (κ1) is 9.71. The van der Waals surface area contributed by atoms with Crippen LogP contribution >= 0.6 is 0 Å². The smallest absolute Gasteiger partial charge is 0.243 e. The summed E-state index contributed by atoms with van der Waals surface area (Å²) in [7, 11) is 0. The number of aryl methyl sites for hydroxylation is 1. The lowest BCUT2D eigenvalue weighted by atomic mass is 10.3. The summed E-state index contributed by atoms with van der Waals surface area (Å²) in [5.41, 5.74) is 3.10. The summed E-state index contributed by atoms with van der Waals surface area (Å²) < 4.78 is 1.76. The van der Waals surface area contributed by atoms with Crippen molar-refractivity contribution in [3.63, 3.8) is 0 Å². The first-order valence-corrected chi connectivity index (χ1v) is 4.86. The molecule has 0 aliphatic carbocycles. The molecule has 4 heteroatoms. The lowest BCUT2D eigenvalue weighted by Crippen LogP contribution is -2.03. The largest absolute Gasteiger partial charge is 0.349 e. The number of hydrogen-bond donors (Lipinski definition) is 1. The van der Waals surface area contributed by atoms with E-state index in [0.29, 0.717) is 12.5 Å². The van der Waals surface area contributed by atoms with Gasteiger partial charge in [0.1, 0.15) is 0 Å². The summed E-state index contributed by atoms with van der Waals surface area (Å²) in [4.78, 5) is 4.35. The Balaban J connectivity index is 2.27. The average Bonchev–Trinajstić information content (AvgIpc) is 2.56. The molecule has 0 bridgehead atoms. The summed E-state index contributed by atoms with van der Waals surface area (Å²) in [5.74, 6) is 0.642. The van der Waals surface area contributed by atoms with Crippen LogP contribution in [0, 0.1) is 6.92 Å². The molecule has 0 amide bonds. The predicted molar refractivity (Wildman–Crippen MR) is 61.0 cm³/mol. The molecule has 2 aromatic rings. The molecule has 0 saturated heterocycles. The Labute approximate surface area is 88.6 Å². The summed E-state index contributed by atoms with van der Waals surface area (Å²) in [6.07, 6.45) is 1.91. The Morgan fingerprint density at radius 3 is 3.13 bits per heavy atom. The van der Waals surface area contributed by atoms with E-state index in [9.17, 15) is 0 Å². The van der Waals surface area contributed by atoms with E-state index in [0.717, 1.165) is 11.2 Å². The molecule has 0 aliphatic rings. The van der Waals surface area contributed by atoms with Gasteiger partial charge in [-0.25, -0.2) is 4.52 Å². The second kappa shape index (κ2) is 3.73. The highest BCUT2D eigenvalue weighted by molar-refractivity contribution is 5.45. The predicted octanol–water partition coefficient (Wildman–Crippen LogP) is 2.03. The SMILES string of the molecule is C=C(C)CNc1nc2cc(C)ccn2n1. The molecule has 0 fully saturated rings. The van der Waals surface area contributed by atoms with E-state index in [4.69, 9.17) is 0 Å². The van der Waals surface area contributed by atoms with Crippen molar-refractivity contribution in [2.45, 2.75) is 13.8 Å². The second-order valence-electron chi connectivity index (χ2n) is 3.75. The molecule has 0 unspecified atom stereocenters. The molecule has 0 aliphatic heterocycles. The Bertz CT molecular complexity index is 498. The number of aromatic nitrogens is 3. The van der Waals surface area contributed by atoms with Crippen molar-refractivity contribution < 1.29 is 0 Å². The van der Waals surface area contributed by atoms with Crippen LogP contribution in [0.4, 0.5) is 5.95 Å². The van der Waals surface area contributed by atoms with E-state index >= 15 is 0 Å². The fraction of sp³-hybridized carbons (Fsp3) is 0.273. The molecule has 78 valence electrons. The normalized spacial score (nSPS) is 10.5. The van der Waals surface area contributed by atoms with Crippen molar-refractivity contribution in [1.29, 1.82) is 0 Å². The third-order valence-electron chi connectivity index (χ3n) is 2.04. The molecular formula is C11H14N4. The van der Waals surface area contributed by atoms with Crippen molar-refractivity contribution >= 4 is 11.6 Å². The number of anilines is 1. The Morgan fingerprint density at radius 2 is 2.40 bits per heavy atom. The summed E-state index contributed by atoms with van der Waals surface area (Å²) in [6.45, 7) is 8.52. The molecule has 4 nitrogen and oxygen atoms in total. The second-order valence-corrected chi connectivity index (χ2v) is 3.75. The van der Waals surface area contributed by atoms with Gasteiger partial charge in [-0.2, -0.15) is 4.98 Å². The van der Waals surface area contributed by atoms with Gasteiger partial charge in [-0.15, -0.1) is 5.10 Å². The third-order valence-corrected chi connectivity index (χ3v) is 2.04. The number of nitrogens with one attached hydrogen (secondary N) is 1. The molecule has 2 rings (SSSR count). The zero-order chi connectivity index (χ0) is 10.8. The molecule has 0 atom stereocenters. The monoisotopic (exact) mass is 202 g/mol. The van der Waals surface area contributed by atoms with Crippen LogP contribution in [0.3, 0.4) is 0 Å². The van der Waals surface area contributed by atoms with Gasteiger partial charge in [0, 0.05) is 12.7 Å². The van der Waals surface area contributed by atoms with Gasteiger partial charge in [-0.1, -0.05) is 12.2 Å². The van der Waals surface area contributed by atoms with Gasteiger partial charge >= 0.3 is 0 Å². The first-order chi connectivity index (χ1) is 7.15. The van der Waals surface area contributed by atoms with Crippen molar-refractivity contribution in [2.75, 3.05) is 11.9 Å². The number of nitrogens with zero attached hydrogens (tertiary/aromatic N) is 3. The summed E-state index contributed by atoms with van der Waals surface area (Å²) >= 11 is 0. The molecule has 1 N–H and O–H groups in total. The minimum Gasteiger partial charge on any atom is -0.349 e. The van der Waals surface area contributed by atoms with Crippen molar-refractivity contribution in [2.24, 2.45) is 0 Å². The van der Waals surface area contributed by atoms with E-state index < -0.39 is 0 Å². The van der Waals surface area contributed by atoms with Crippen LogP contribution in [0.2, 0.25) is 0 Å². The highest BCUT2D eigenvalue weighted by Crippen LogP contribution is 2.07. The number of fused-ring (bicyclic) bond motifs is 1. The van der Waals surface area contributed by atoms with E-state index in [1.54, 1.807) is 4.52 Å². The number of pyridine rings is 1. The number of rotatable bonds is 3. The highest BCUT2D eigenvalue weighted by Gasteiger charge is 2.01. The number of hydrogen-bond acceptors (Lipinski definition) is 3. The van der Waals surface area contributed by atoms with Crippen molar-refractivity contribution in [1.82, 2.24) is 14.6 Å². The maximum atomic E-state index is 4.35. The molecule has 0 radical (unpaired) electrons. The fourth-order valence-electron chi connectivity index (χ4n) is 1.29. The average molecular weight is 202 g/mol. The van der Waals surface area contributed by atoms with Gasteiger partial charge in [0.2, 0.25) is 5.95 Å². The quantitative estimate of drug-likeness (QED) is 0.774. The van der Waals surface area contributed by atoms with Gasteiger partial charge in [-0.05, 0) is 31.5 Å². The maximum absolute atomic E-state index is 4.35. The van der Waals surface area contributed by atoms with E-state index in [1.165, 1.54) is 5.56 Å². The molecule has 2 heterocycles. The molecular weight excluding hydrogens is 188 g/mol. The van der Waals surface area contributed by atoms with Crippen molar-refractivity contribution in [3.05, 3.63) is 36.0 Å². The zero-order valence-corrected chi connectivity index (χ0v) is 8.99. The van der Waals surface area contributed by atoms with Gasteiger partial charge in [0.25, 0.3) is 0 Å². The topological polar surface area (TPSA) is 42.2 Å². The molecule has 0 spiro atoms. The maximum Gasteiger partial charge on any atom is 0.243 e. The Morgan fingerprint density at radius 1 is 1.60 bits per heavy atom. The minimum atomic E-state index is 0.642. The van der Waals surface area contributed by atoms with Crippen LogP contribution < -0.4 is 5.32 Å².